The normalized spacial score (nSPS) is 11.5. The molecule has 6 nitrogen and oxygen atoms in total. The Labute approximate surface area is 174 Å². The minimum Gasteiger partial charge on any atom is -0.497 e. The third kappa shape index (κ3) is 4.20. The zero-order chi connectivity index (χ0) is 21.1. The summed E-state index contributed by atoms with van der Waals surface area (Å²) in [5.41, 5.74) is 1.80. The summed E-state index contributed by atoms with van der Waals surface area (Å²) in [6, 6.07) is 15.9. The van der Waals surface area contributed by atoms with Crippen LogP contribution in [0, 0.1) is 5.82 Å². The molecule has 2 aromatic heterocycles. The first-order valence-electron chi connectivity index (χ1n) is 9.59. The molecule has 0 amide bonds. The second-order valence-corrected chi connectivity index (χ2v) is 7.48. The van der Waals surface area contributed by atoms with Gasteiger partial charge in [-0.25, -0.2) is 13.9 Å². The van der Waals surface area contributed by atoms with Gasteiger partial charge in [0.25, 0.3) is 0 Å². The van der Waals surface area contributed by atoms with Gasteiger partial charge in [0.05, 0.1) is 12.6 Å². The number of hydrogen-bond acceptors (Lipinski definition) is 5. The highest BCUT2D eigenvalue weighted by molar-refractivity contribution is 5.49. The van der Waals surface area contributed by atoms with Crippen LogP contribution in [0.25, 0.3) is 5.65 Å². The number of imidazole rings is 1. The molecule has 0 fully saturated rings. The molecule has 0 spiro atoms. The summed E-state index contributed by atoms with van der Waals surface area (Å²) in [5.74, 6) is 1.72. The molecule has 0 bridgehead atoms. The Morgan fingerprint density at radius 1 is 1.07 bits per heavy atom. The Balaban J connectivity index is 1.57. The van der Waals surface area contributed by atoms with Crippen LogP contribution in [-0.2, 0) is 12.1 Å². The number of nitrogens with zero attached hydrogens (tertiary/aromatic N) is 3. The highest BCUT2D eigenvalue weighted by Gasteiger charge is 2.26. The fourth-order valence-corrected chi connectivity index (χ4v) is 3.27. The van der Waals surface area contributed by atoms with E-state index in [1.54, 1.807) is 30.1 Å². The van der Waals surface area contributed by atoms with E-state index in [2.05, 4.69) is 15.4 Å². The first-order valence-corrected chi connectivity index (χ1v) is 9.59. The zero-order valence-electron chi connectivity index (χ0n) is 17.1. The predicted octanol–water partition coefficient (Wildman–Crippen LogP) is 4.80. The average Bonchev–Trinajstić information content (AvgIpc) is 3.21. The third-order valence-electron chi connectivity index (χ3n) is 4.86. The zero-order valence-corrected chi connectivity index (χ0v) is 17.1. The standard InChI is InChI=1S/C23H23FN4O2/c1-23(2,26-21-10-11-22-25-12-13-28(22)27-21)19-14-17(24)6-9-20(19)30-15-16-4-7-18(29-3)8-5-16/h4-14H,15H2,1-3H3,(H,26,27). The molecule has 30 heavy (non-hydrogen) atoms. The first kappa shape index (κ1) is 19.7. The maximum absolute atomic E-state index is 14.1. The Hall–Kier alpha value is -3.61. The van der Waals surface area contributed by atoms with Gasteiger partial charge in [-0.2, -0.15) is 0 Å². The highest BCUT2D eigenvalue weighted by atomic mass is 19.1. The molecule has 0 unspecified atom stereocenters. The fourth-order valence-electron chi connectivity index (χ4n) is 3.27. The molecule has 0 aliphatic heterocycles. The van der Waals surface area contributed by atoms with E-state index in [4.69, 9.17) is 9.47 Å². The largest absolute Gasteiger partial charge is 0.497 e. The van der Waals surface area contributed by atoms with Gasteiger partial charge in [0.15, 0.2) is 5.65 Å². The Bertz CT molecular complexity index is 1160. The number of rotatable bonds is 7. The molecule has 0 atom stereocenters. The molecule has 2 aromatic carbocycles. The van der Waals surface area contributed by atoms with Gasteiger partial charge in [-0.3, -0.25) is 0 Å². The van der Waals surface area contributed by atoms with Crippen molar-refractivity contribution >= 4 is 11.5 Å². The van der Waals surface area contributed by atoms with Crippen LogP contribution in [0.15, 0.2) is 67.0 Å². The number of benzene rings is 2. The van der Waals surface area contributed by atoms with Gasteiger partial charge in [-0.1, -0.05) is 12.1 Å². The van der Waals surface area contributed by atoms with E-state index in [1.807, 2.05) is 50.2 Å². The average molecular weight is 406 g/mol. The molecule has 0 aliphatic carbocycles. The summed E-state index contributed by atoms with van der Waals surface area (Å²) < 4.78 is 27.0. The number of methoxy groups -OCH3 is 1. The number of ether oxygens (including phenoxy) is 2. The van der Waals surface area contributed by atoms with Crippen molar-refractivity contribution in [2.45, 2.75) is 26.0 Å². The third-order valence-corrected chi connectivity index (χ3v) is 4.86. The molecule has 4 aromatic rings. The number of aromatic nitrogens is 3. The monoisotopic (exact) mass is 406 g/mol. The Morgan fingerprint density at radius 2 is 1.87 bits per heavy atom. The summed E-state index contributed by atoms with van der Waals surface area (Å²) >= 11 is 0. The van der Waals surface area contributed by atoms with Crippen molar-refractivity contribution in [2.24, 2.45) is 0 Å². The van der Waals surface area contributed by atoms with Crippen LogP contribution >= 0.6 is 0 Å². The van der Waals surface area contributed by atoms with E-state index < -0.39 is 5.54 Å². The second kappa shape index (κ2) is 8.02. The second-order valence-electron chi connectivity index (χ2n) is 7.48. The van der Waals surface area contributed by atoms with E-state index in [0.717, 1.165) is 17.0 Å². The topological polar surface area (TPSA) is 60.7 Å². The lowest BCUT2D eigenvalue weighted by Gasteiger charge is -2.29. The van der Waals surface area contributed by atoms with E-state index in [-0.39, 0.29) is 5.82 Å². The molecule has 4 rings (SSSR count). The van der Waals surface area contributed by atoms with Crippen molar-refractivity contribution in [3.05, 3.63) is 83.9 Å². The van der Waals surface area contributed by atoms with Gasteiger partial charge in [-0.15, -0.1) is 5.10 Å². The summed E-state index contributed by atoms with van der Waals surface area (Å²) in [7, 11) is 1.63. The molecule has 0 radical (unpaired) electrons. The van der Waals surface area contributed by atoms with E-state index in [9.17, 15) is 4.39 Å². The van der Waals surface area contributed by atoms with Crippen molar-refractivity contribution in [3.63, 3.8) is 0 Å². The van der Waals surface area contributed by atoms with Gasteiger partial charge in [-0.05, 0) is 61.9 Å². The fraction of sp³-hybridized carbons (Fsp3) is 0.217. The predicted molar refractivity (Wildman–Crippen MR) is 113 cm³/mol. The van der Waals surface area contributed by atoms with Crippen molar-refractivity contribution in [1.29, 1.82) is 0 Å². The summed E-state index contributed by atoms with van der Waals surface area (Å²) in [5, 5.41) is 7.88. The molecule has 1 N–H and O–H groups in total. The maximum Gasteiger partial charge on any atom is 0.153 e. The van der Waals surface area contributed by atoms with Gasteiger partial charge in [0.2, 0.25) is 0 Å². The van der Waals surface area contributed by atoms with Crippen LogP contribution in [0.5, 0.6) is 11.5 Å². The molecule has 154 valence electrons. The van der Waals surface area contributed by atoms with Crippen LogP contribution in [0.4, 0.5) is 10.2 Å². The Morgan fingerprint density at radius 3 is 2.63 bits per heavy atom. The van der Waals surface area contributed by atoms with E-state index in [1.165, 1.54) is 12.1 Å². The molecule has 2 heterocycles. The van der Waals surface area contributed by atoms with Gasteiger partial charge in [0.1, 0.15) is 29.7 Å². The van der Waals surface area contributed by atoms with Crippen molar-refractivity contribution in [2.75, 3.05) is 12.4 Å². The van der Waals surface area contributed by atoms with Gasteiger partial charge < -0.3 is 14.8 Å². The van der Waals surface area contributed by atoms with Gasteiger partial charge in [0, 0.05) is 18.0 Å². The van der Waals surface area contributed by atoms with Crippen molar-refractivity contribution in [1.82, 2.24) is 14.6 Å². The lowest BCUT2D eigenvalue weighted by molar-refractivity contribution is 0.297. The smallest absolute Gasteiger partial charge is 0.153 e. The van der Waals surface area contributed by atoms with Crippen LogP contribution in [0.2, 0.25) is 0 Å². The molecular weight excluding hydrogens is 383 g/mol. The van der Waals surface area contributed by atoms with Crippen LogP contribution in [0.3, 0.4) is 0 Å². The number of hydrogen-bond donors (Lipinski definition) is 1. The van der Waals surface area contributed by atoms with Crippen LogP contribution in [0.1, 0.15) is 25.0 Å². The molecule has 0 aliphatic rings. The quantitative estimate of drug-likeness (QED) is 0.478. The summed E-state index contributed by atoms with van der Waals surface area (Å²) in [6.07, 6.45) is 3.47. The van der Waals surface area contributed by atoms with Crippen molar-refractivity contribution in [3.8, 4) is 11.5 Å². The lowest BCUT2D eigenvalue weighted by Crippen LogP contribution is -2.29. The molecule has 0 saturated carbocycles. The highest BCUT2D eigenvalue weighted by Crippen LogP contribution is 2.33. The van der Waals surface area contributed by atoms with E-state index in [0.29, 0.717) is 23.7 Å². The number of halogens is 1. The number of fused-ring (bicyclic) bond motifs is 1. The summed E-state index contributed by atoms with van der Waals surface area (Å²) in [6.45, 7) is 4.28. The van der Waals surface area contributed by atoms with Crippen LogP contribution < -0.4 is 14.8 Å². The minimum absolute atomic E-state index is 0.324. The summed E-state index contributed by atoms with van der Waals surface area (Å²) in [4.78, 5) is 4.20. The molecule has 0 saturated heterocycles. The maximum atomic E-state index is 14.1. The van der Waals surface area contributed by atoms with E-state index >= 15 is 0 Å². The number of anilines is 1. The SMILES string of the molecule is COc1ccc(COc2ccc(F)cc2C(C)(C)Nc2ccc3nccn3n2)cc1. The number of nitrogens with one attached hydrogen (secondary N) is 1. The van der Waals surface area contributed by atoms with Gasteiger partial charge >= 0.3 is 0 Å². The van der Waals surface area contributed by atoms with Crippen molar-refractivity contribution < 1.29 is 13.9 Å². The minimum atomic E-state index is -0.640. The molecule has 7 heteroatoms. The first-order chi connectivity index (χ1) is 14.4. The van der Waals surface area contributed by atoms with Crippen LogP contribution in [-0.4, -0.2) is 21.7 Å². The molecular formula is C23H23FN4O2. The lowest BCUT2D eigenvalue weighted by atomic mass is 9.93. The Kier molecular flexibility index (Phi) is 5.27.